The van der Waals surface area contributed by atoms with Crippen LogP contribution in [-0.4, -0.2) is 58.5 Å². The minimum atomic E-state index is -3.85. The van der Waals surface area contributed by atoms with Crippen molar-refractivity contribution in [2.75, 3.05) is 31.1 Å². The number of hydrogen-bond donors (Lipinski definition) is 0. The van der Waals surface area contributed by atoms with Crippen LogP contribution in [0.5, 0.6) is 0 Å². The second-order valence-electron chi connectivity index (χ2n) is 9.48. The molecule has 0 spiro atoms. The van der Waals surface area contributed by atoms with Gasteiger partial charge in [-0.1, -0.05) is 47.5 Å². The molecule has 0 N–H and O–H groups in total. The number of nitrogens with zero attached hydrogens (tertiary/aromatic N) is 7. The number of halogens is 1. The predicted molar refractivity (Wildman–Crippen MR) is 150 cm³/mol. The fourth-order valence-electron chi connectivity index (χ4n) is 5.03. The number of rotatable bonds is 4. The molecule has 9 nitrogen and oxygen atoms in total. The van der Waals surface area contributed by atoms with Crippen LogP contribution in [0.1, 0.15) is 17.5 Å². The van der Waals surface area contributed by atoms with Gasteiger partial charge in [0.25, 0.3) is 0 Å². The normalized spacial score (nSPS) is 14.9. The topological polar surface area (TPSA) is 107 Å². The monoisotopic (exact) mass is 557 g/mol. The third-order valence-electron chi connectivity index (χ3n) is 6.92. The summed E-state index contributed by atoms with van der Waals surface area (Å²) in [6.45, 7) is 3.56. The molecule has 1 aliphatic rings. The Morgan fingerprint density at radius 2 is 1.79 bits per heavy atom. The zero-order valence-corrected chi connectivity index (χ0v) is 22.7. The third-order valence-corrected chi connectivity index (χ3v) is 9.12. The van der Waals surface area contributed by atoms with Crippen molar-refractivity contribution in [1.82, 2.24) is 23.9 Å². The molecule has 0 unspecified atom stereocenters. The number of hydrogen-bond acceptors (Lipinski definition) is 7. The second kappa shape index (κ2) is 9.93. The molecule has 0 bridgehead atoms. The minimum Gasteiger partial charge on any atom is -0.340 e. The molecule has 3 heterocycles. The van der Waals surface area contributed by atoms with Crippen LogP contribution in [0.3, 0.4) is 0 Å². The SMILES string of the molecule is Cc1cccc(-c2nnc3c4ccc(Cl)cc4nc(N4CCCN(S(=O)(=O)c5ccccc5C#N)CC4)n23)c1. The van der Waals surface area contributed by atoms with Gasteiger partial charge in [-0.25, -0.2) is 17.8 Å². The lowest BCUT2D eigenvalue weighted by atomic mass is 10.1. The van der Waals surface area contributed by atoms with E-state index in [0.29, 0.717) is 54.0 Å². The van der Waals surface area contributed by atoms with Crippen molar-refractivity contribution in [2.45, 2.75) is 18.2 Å². The Morgan fingerprint density at radius 3 is 2.62 bits per heavy atom. The van der Waals surface area contributed by atoms with Crippen molar-refractivity contribution in [3.63, 3.8) is 0 Å². The first-order valence-corrected chi connectivity index (χ1v) is 14.3. The van der Waals surface area contributed by atoms with E-state index in [-0.39, 0.29) is 17.0 Å². The third kappa shape index (κ3) is 4.48. The summed E-state index contributed by atoms with van der Waals surface area (Å²) in [5.74, 6) is 1.28. The van der Waals surface area contributed by atoms with Crippen molar-refractivity contribution < 1.29 is 8.42 Å². The van der Waals surface area contributed by atoms with Gasteiger partial charge < -0.3 is 4.90 Å². The van der Waals surface area contributed by atoms with E-state index >= 15 is 0 Å². The van der Waals surface area contributed by atoms with Crippen LogP contribution < -0.4 is 4.90 Å². The Bertz CT molecular complexity index is 1880. The average molecular weight is 558 g/mol. The predicted octanol–water partition coefficient (Wildman–Crippen LogP) is 4.68. The fourth-order valence-corrected chi connectivity index (χ4v) is 6.81. The van der Waals surface area contributed by atoms with Crippen LogP contribution in [0, 0.1) is 18.3 Å². The van der Waals surface area contributed by atoms with E-state index in [9.17, 15) is 13.7 Å². The molecule has 39 heavy (non-hydrogen) atoms. The van der Waals surface area contributed by atoms with E-state index in [1.54, 1.807) is 24.3 Å². The fraction of sp³-hybridized carbons (Fsp3) is 0.214. The molecule has 196 valence electrons. The van der Waals surface area contributed by atoms with E-state index in [0.717, 1.165) is 16.5 Å². The summed E-state index contributed by atoms with van der Waals surface area (Å²) in [5, 5.41) is 19.9. The molecule has 0 aliphatic carbocycles. The second-order valence-corrected chi connectivity index (χ2v) is 11.8. The molecule has 1 saturated heterocycles. The van der Waals surface area contributed by atoms with Crippen molar-refractivity contribution in [2.24, 2.45) is 0 Å². The maximum absolute atomic E-state index is 13.5. The van der Waals surface area contributed by atoms with Gasteiger partial charge >= 0.3 is 0 Å². The standard InChI is InChI=1S/C28H24ClN7O2S/c1-19-6-4-8-20(16-19)26-32-33-27-23-11-10-22(29)17-24(23)31-28(36(26)27)34-12-5-13-35(15-14-34)39(37,38)25-9-3-2-7-21(25)18-30/h2-4,6-11,16-17H,5,12-15H2,1H3. The first-order chi connectivity index (χ1) is 18.9. The lowest BCUT2D eigenvalue weighted by molar-refractivity contribution is 0.433. The summed E-state index contributed by atoms with van der Waals surface area (Å²) in [7, 11) is -3.85. The highest BCUT2D eigenvalue weighted by atomic mass is 35.5. The zero-order chi connectivity index (χ0) is 27.1. The van der Waals surface area contributed by atoms with Crippen molar-refractivity contribution in [3.8, 4) is 17.5 Å². The van der Waals surface area contributed by atoms with E-state index in [1.807, 2.05) is 41.7 Å². The molecule has 5 aromatic rings. The van der Waals surface area contributed by atoms with Crippen LogP contribution in [0.2, 0.25) is 5.02 Å². The van der Waals surface area contributed by atoms with Crippen LogP contribution in [0.15, 0.2) is 71.6 Å². The number of nitriles is 1. The van der Waals surface area contributed by atoms with Gasteiger partial charge in [0.15, 0.2) is 11.5 Å². The summed E-state index contributed by atoms with van der Waals surface area (Å²) in [4.78, 5) is 7.10. The van der Waals surface area contributed by atoms with Gasteiger partial charge in [-0.05, 0) is 49.7 Å². The Hall–Kier alpha value is -4.04. The maximum Gasteiger partial charge on any atom is 0.244 e. The van der Waals surface area contributed by atoms with Crippen LogP contribution in [0.25, 0.3) is 27.9 Å². The minimum absolute atomic E-state index is 0.0300. The van der Waals surface area contributed by atoms with Gasteiger partial charge in [0.2, 0.25) is 16.0 Å². The Labute approximate surface area is 230 Å². The lowest BCUT2D eigenvalue weighted by Gasteiger charge is -2.24. The first-order valence-electron chi connectivity index (χ1n) is 12.5. The van der Waals surface area contributed by atoms with Crippen molar-refractivity contribution >= 4 is 44.1 Å². The smallest absolute Gasteiger partial charge is 0.244 e. The van der Waals surface area contributed by atoms with Gasteiger partial charge in [0.1, 0.15) is 6.07 Å². The molecule has 1 fully saturated rings. The van der Waals surface area contributed by atoms with E-state index in [2.05, 4.69) is 21.2 Å². The number of fused-ring (bicyclic) bond motifs is 3. The van der Waals surface area contributed by atoms with Crippen molar-refractivity contribution in [1.29, 1.82) is 5.26 Å². The lowest BCUT2D eigenvalue weighted by Crippen LogP contribution is -2.36. The van der Waals surface area contributed by atoms with Crippen molar-refractivity contribution in [3.05, 3.63) is 82.9 Å². The average Bonchev–Trinajstić information content (AvgIpc) is 3.22. The molecule has 11 heteroatoms. The summed E-state index contributed by atoms with van der Waals surface area (Å²) >= 11 is 6.31. The number of anilines is 1. The highest BCUT2D eigenvalue weighted by Gasteiger charge is 2.30. The molecule has 0 saturated carbocycles. The summed E-state index contributed by atoms with van der Waals surface area (Å²) < 4.78 is 30.4. The zero-order valence-electron chi connectivity index (χ0n) is 21.1. The van der Waals surface area contributed by atoms with Gasteiger partial charge in [0, 0.05) is 42.2 Å². The molecule has 0 radical (unpaired) electrons. The highest BCUT2D eigenvalue weighted by molar-refractivity contribution is 7.89. The molecule has 2 aromatic heterocycles. The highest BCUT2D eigenvalue weighted by Crippen LogP contribution is 2.31. The Balaban J connectivity index is 1.44. The van der Waals surface area contributed by atoms with Gasteiger partial charge in [0.05, 0.1) is 16.0 Å². The van der Waals surface area contributed by atoms with Crippen LogP contribution in [-0.2, 0) is 10.0 Å². The molecule has 1 aliphatic heterocycles. The quantitative estimate of drug-likeness (QED) is 0.316. The molecular weight excluding hydrogens is 534 g/mol. The molecule has 3 aromatic carbocycles. The molecule has 0 atom stereocenters. The van der Waals surface area contributed by atoms with E-state index < -0.39 is 10.0 Å². The maximum atomic E-state index is 13.5. The number of benzene rings is 3. The summed E-state index contributed by atoms with van der Waals surface area (Å²) in [5.41, 5.74) is 3.48. The number of aryl methyl sites for hydroxylation is 1. The molecular formula is C28H24ClN7O2S. The number of sulfonamides is 1. The Morgan fingerprint density at radius 1 is 0.949 bits per heavy atom. The van der Waals surface area contributed by atoms with E-state index in [4.69, 9.17) is 16.6 Å². The molecule has 0 amide bonds. The largest absolute Gasteiger partial charge is 0.340 e. The van der Waals surface area contributed by atoms with Crippen LogP contribution >= 0.6 is 11.6 Å². The van der Waals surface area contributed by atoms with E-state index in [1.165, 1.54) is 16.4 Å². The first kappa shape index (κ1) is 25.2. The summed E-state index contributed by atoms with van der Waals surface area (Å²) in [6.07, 6.45) is 0.576. The number of aromatic nitrogens is 4. The van der Waals surface area contributed by atoms with Gasteiger partial charge in [-0.3, -0.25) is 0 Å². The Kier molecular flexibility index (Phi) is 6.43. The van der Waals surface area contributed by atoms with Crippen LogP contribution in [0.4, 0.5) is 5.95 Å². The summed E-state index contributed by atoms with van der Waals surface area (Å²) in [6, 6.07) is 21.9. The van der Waals surface area contributed by atoms with Gasteiger partial charge in [-0.15, -0.1) is 10.2 Å². The molecule has 6 rings (SSSR count). The van der Waals surface area contributed by atoms with Gasteiger partial charge in [-0.2, -0.15) is 9.57 Å².